The quantitative estimate of drug-likeness (QED) is 0.101. The summed E-state index contributed by atoms with van der Waals surface area (Å²) >= 11 is 8.28. The predicted molar refractivity (Wildman–Crippen MR) is 181 cm³/mol. The molecule has 40 heavy (non-hydrogen) atoms. The van der Waals surface area contributed by atoms with Gasteiger partial charge in [-0.25, -0.2) is 0 Å². The summed E-state index contributed by atoms with van der Waals surface area (Å²) in [4.78, 5) is 27.6. The van der Waals surface area contributed by atoms with Gasteiger partial charge in [-0.15, -0.1) is 0 Å². The molecule has 5 aromatic rings. The lowest BCUT2D eigenvalue weighted by molar-refractivity contribution is 0.0608. The average molecular weight is 812 g/mol. The molecule has 0 radical (unpaired) electrons. The lowest BCUT2D eigenvalue weighted by Crippen LogP contribution is -2.34. The Morgan fingerprint density at radius 1 is 0.475 bits per heavy atom. The van der Waals surface area contributed by atoms with Crippen LogP contribution in [0.3, 0.4) is 0 Å². The second-order valence-corrected chi connectivity index (χ2v) is 12.6. The summed E-state index contributed by atoms with van der Waals surface area (Å²) in [5.41, 5.74) is 5.36. The normalized spacial score (nSPS) is 13.7. The maximum atomic E-state index is 13.0. The topological polar surface area (TPSA) is 37.4 Å². The SMILES string of the molecule is BrC(c1ccccc1)c1ccc(I)cc1.O=C1c2ccccc2C(=O)N1C(c1ccccc1)c1ccc(I)cc1. The maximum absolute atomic E-state index is 13.0. The Hall–Kier alpha value is -2.82. The molecule has 6 rings (SSSR count). The maximum Gasteiger partial charge on any atom is 0.262 e. The van der Waals surface area contributed by atoms with Crippen molar-refractivity contribution in [3.05, 3.63) is 174 Å². The van der Waals surface area contributed by atoms with E-state index < -0.39 is 6.04 Å². The number of hydrogen-bond donors (Lipinski definition) is 0. The second kappa shape index (κ2) is 13.2. The Morgan fingerprint density at radius 2 is 0.825 bits per heavy atom. The molecule has 198 valence electrons. The van der Waals surface area contributed by atoms with Crippen LogP contribution in [0, 0.1) is 7.14 Å². The van der Waals surface area contributed by atoms with Crippen molar-refractivity contribution in [2.24, 2.45) is 0 Å². The molecule has 1 aliphatic rings. The van der Waals surface area contributed by atoms with Crippen LogP contribution in [0.25, 0.3) is 0 Å². The number of fused-ring (bicyclic) bond motifs is 1. The van der Waals surface area contributed by atoms with Crippen LogP contribution >= 0.6 is 61.1 Å². The molecule has 0 saturated carbocycles. The van der Waals surface area contributed by atoms with Gasteiger partial charge in [0.2, 0.25) is 0 Å². The Labute approximate surface area is 270 Å². The predicted octanol–water partition coefficient (Wildman–Crippen LogP) is 9.45. The first kappa shape index (κ1) is 28.7. The molecule has 0 N–H and O–H groups in total. The largest absolute Gasteiger partial charge is 0.269 e. The minimum Gasteiger partial charge on any atom is -0.269 e. The molecule has 1 heterocycles. The molecule has 0 aliphatic carbocycles. The lowest BCUT2D eigenvalue weighted by atomic mass is 9.97. The van der Waals surface area contributed by atoms with E-state index in [-0.39, 0.29) is 16.6 Å². The van der Waals surface area contributed by atoms with E-state index in [4.69, 9.17) is 0 Å². The van der Waals surface area contributed by atoms with Crippen molar-refractivity contribution in [2.45, 2.75) is 10.9 Å². The van der Waals surface area contributed by atoms with Crippen molar-refractivity contribution in [1.82, 2.24) is 4.90 Å². The zero-order valence-electron chi connectivity index (χ0n) is 21.3. The van der Waals surface area contributed by atoms with Gasteiger partial charge in [-0.05, 0) is 104 Å². The molecule has 0 saturated heterocycles. The Kier molecular flexibility index (Phi) is 9.49. The smallest absolute Gasteiger partial charge is 0.262 e. The van der Waals surface area contributed by atoms with E-state index in [1.165, 1.54) is 19.6 Å². The van der Waals surface area contributed by atoms with Crippen LogP contribution in [0.15, 0.2) is 133 Å². The summed E-state index contributed by atoms with van der Waals surface area (Å²) in [5.74, 6) is -0.485. The van der Waals surface area contributed by atoms with Gasteiger partial charge in [0.1, 0.15) is 0 Å². The van der Waals surface area contributed by atoms with Gasteiger partial charge < -0.3 is 0 Å². The van der Waals surface area contributed by atoms with E-state index in [0.717, 1.165) is 14.7 Å². The Bertz CT molecular complexity index is 1570. The van der Waals surface area contributed by atoms with Crippen molar-refractivity contribution < 1.29 is 9.59 Å². The first-order valence-corrected chi connectivity index (χ1v) is 15.7. The first-order chi connectivity index (χ1) is 19.4. The van der Waals surface area contributed by atoms with Crippen LogP contribution in [-0.4, -0.2) is 16.7 Å². The summed E-state index contributed by atoms with van der Waals surface area (Å²) in [7, 11) is 0. The monoisotopic (exact) mass is 811 g/mol. The van der Waals surface area contributed by atoms with Crippen molar-refractivity contribution in [1.29, 1.82) is 0 Å². The summed E-state index contributed by atoms with van der Waals surface area (Å²) < 4.78 is 2.37. The van der Waals surface area contributed by atoms with Crippen molar-refractivity contribution in [3.8, 4) is 0 Å². The molecule has 0 aromatic heterocycles. The molecule has 5 aromatic carbocycles. The number of imide groups is 1. The second-order valence-electron chi connectivity index (χ2n) is 9.22. The fraction of sp³-hybridized carbons (Fsp3) is 0.0588. The molecular formula is C34H24BrI2NO2. The number of carbonyl (C=O) groups excluding carboxylic acids is 2. The molecular weight excluding hydrogens is 788 g/mol. The summed E-state index contributed by atoms with van der Waals surface area (Å²) in [6, 6.07) is 43.2. The van der Waals surface area contributed by atoms with E-state index in [2.05, 4.69) is 110 Å². The van der Waals surface area contributed by atoms with Crippen LogP contribution in [0.1, 0.15) is 53.8 Å². The number of carbonyl (C=O) groups is 2. The molecule has 6 heteroatoms. The molecule has 1 aliphatic heterocycles. The third kappa shape index (κ3) is 6.39. The minimum absolute atomic E-state index is 0.243. The van der Waals surface area contributed by atoms with Gasteiger partial charge in [0, 0.05) is 7.14 Å². The minimum atomic E-state index is -0.439. The van der Waals surface area contributed by atoms with Gasteiger partial charge in [0.25, 0.3) is 11.8 Å². The number of alkyl halides is 1. The third-order valence-corrected chi connectivity index (χ3v) is 9.14. The van der Waals surface area contributed by atoms with Gasteiger partial charge in [-0.3, -0.25) is 14.5 Å². The fourth-order valence-electron chi connectivity index (χ4n) is 4.66. The van der Waals surface area contributed by atoms with E-state index in [0.29, 0.717) is 11.1 Å². The number of halogens is 3. The fourth-order valence-corrected chi connectivity index (χ4v) is 5.99. The van der Waals surface area contributed by atoms with E-state index in [1.54, 1.807) is 24.3 Å². The zero-order chi connectivity index (χ0) is 28.1. The first-order valence-electron chi connectivity index (χ1n) is 12.7. The van der Waals surface area contributed by atoms with E-state index in [1.807, 2.05) is 60.7 Å². The molecule has 0 spiro atoms. The van der Waals surface area contributed by atoms with E-state index >= 15 is 0 Å². The van der Waals surface area contributed by atoms with Crippen LogP contribution in [0.5, 0.6) is 0 Å². The summed E-state index contributed by atoms with van der Waals surface area (Å²) in [6.07, 6.45) is 0. The van der Waals surface area contributed by atoms with Gasteiger partial charge in [-0.1, -0.05) is 113 Å². The highest BCUT2D eigenvalue weighted by Gasteiger charge is 2.40. The lowest BCUT2D eigenvalue weighted by Gasteiger charge is -2.27. The highest BCUT2D eigenvalue weighted by molar-refractivity contribution is 14.1. The molecule has 2 amide bonds. The van der Waals surface area contributed by atoms with Crippen LogP contribution in [0.4, 0.5) is 0 Å². The van der Waals surface area contributed by atoms with Gasteiger partial charge in [0.05, 0.1) is 22.0 Å². The molecule has 0 bridgehead atoms. The van der Waals surface area contributed by atoms with Gasteiger partial charge in [-0.2, -0.15) is 0 Å². The van der Waals surface area contributed by atoms with Crippen molar-refractivity contribution in [2.75, 3.05) is 0 Å². The molecule has 0 fully saturated rings. The molecule has 2 atom stereocenters. The summed E-state index contributed by atoms with van der Waals surface area (Å²) in [5, 5.41) is 0. The summed E-state index contributed by atoms with van der Waals surface area (Å²) in [6.45, 7) is 0. The highest BCUT2D eigenvalue weighted by Crippen LogP contribution is 2.36. The number of hydrogen-bond acceptors (Lipinski definition) is 2. The van der Waals surface area contributed by atoms with Gasteiger partial charge >= 0.3 is 0 Å². The third-order valence-electron chi connectivity index (χ3n) is 6.64. The molecule has 2 unspecified atom stereocenters. The Morgan fingerprint density at radius 3 is 1.30 bits per heavy atom. The van der Waals surface area contributed by atoms with E-state index in [9.17, 15) is 9.59 Å². The number of nitrogens with zero attached hydrogens (tertiary/aromatic N) is 1. The zero-order valence-corrected chi connectivity index (χ0v) is 27.2. The van der Waals surface area contributed by atoms with Crippen molar-refractivity contribution in [3.63, 3.8) is 0 Å². The molecule has 3 nitrogen and oxygen atoms in total. The number of benzene rings is 5. The standard InChI is InChI=1S/C21H14INO2.C13H10BrI/c22-16-12-10-15(11-13-16)19(14-6-2-1-3-7-14)23-20(24)17-8-4-5-9-18(17)21(23)25;14-13(10-4-2-1-3-5-10)11-6-8-12(15)9-7-11/h1-13,19H;1-9,13H. The highest BCUT2D eigenvalue weighted by atomic mass is 127. The number of amides is 2. The Balaban J connectivity index is 0.000000184. The van der Waals surface area contributed by atoms with Gasteiger partial charge in [0.15, 0.2) is 0 Å². The average Bonchev–Trinajstić information content (AvgIpc) is 3.25. The van der Waals surface area contributed by atoms with Crippen LogP contribution in [0.2, 0.25) is 0 Å². The number of rotatable bonds is 5. The van der Waals surface area contributed by atoms with Crippen molar-refractivity contribution >= 4 is 72.9 Å². The van der Waals surface area contributed by atoms with Crippen LogP contribution < -0.4 is 0 Å². The van der Waals surface area contributed by atoms with Crippen LogP contribution in [-0.2, 0) is 0 Å².